The van der Waals surface area contributed by atoms with Crippen LogP contribution in [0.15, 0.2) is 27.6 Å². The van der Waals surface area contributed by atoms with Crippen LogP contribution in [0.2, 0.25) is 0 Å². The van der Waals surface area contributed by atoms with E-state index in [-0.39, 0.29) is 23.1 Å². The van der Waals surface area contributed by atoms with E-state index in [9.17, 15) is 18.0 Å². The minimum Gasteiger partial charge on any atom is -0.465 e. The Morgan fingerprint density at radius 1 is 1.15 bits per heavy atom. The number of amides is 1. The molecule has 184 valence electrons. The number of nitrogens with zero attached hydrogens (tertiary/aromatic N) is 3. The van der Waals surface area contributed by atoms with Gasteiger partial charge in [-0.25, -0.2) is 13.2 Å². The lowest BCUT2D eigenvalue weighted by molar-refractivity contribution is -0.120. The van der Waals surface area contributed by atoms with Crippen molar-refractivity contribution in [3.63, 3.8) is 0 Å². The number of hydrogen-bond acceptors (Lipinski definition) is 8. The zero-order valence-corrected chi connectivity index (χ0v) is 20.5. The summed E-state index contributed by atoms with van der Waals surface area (Å²) in [5.41, 5.74) is 2.01. The van der Waals surface area contributed by atoms with E-state index in [1.165, 1.54) is 11.4 Å². The predicted molar refractivity (Wildman–Crippen MR) is 125 cm³/mol. The molecule has 2 fully saturated rings. The van der Waals surface area contributed by atoms with Crippen molar-refractivity contribution in [2.75, 3.05) is 43.5 Å². The molecular weight excluding hydrogens is 460 g/mol. The van der Waals surface area contributed by atoms with Gasteiger partial charge in [0.05, 0.1) is 30.0 Å². The van der Waals surface area contributed by atoms with Gasteiger partial charge in [0.1, 0.15) is 10.6 Å². The fourth-order valence-corrected chi connectivity index (χ4v) is 6.51. The monoisotopic (exact) mass is 490 g/mol. The molecule has 4 rings (SSSR count). The first-order valence-corrected chi connectivity index (χ1v) is 12.9. The van der Waals surface area contributed by atoms with Gasteiger partial charge in [0.15, 0.2) is 5.76 Å². The third-order valence-electron chi connectivity index (χ3n) is 6.44. The quantitative estimate of drug-likeness (QED) is 0.614. The SMILES string of the molecule is COC(=O)c1ccc(N2CCCC2)c(NC(=O)C2CCCN(S(=O)(=O)c3c(C)noc3C)C2)c1. The molecule has 34 heavy (non-hydrogen) atoms. The van der Waals surface area contributed by atoms with Gasteiger partial charge in [-0.2, -0.15) is 4.31 Å². The standard InChI is InChI=1S/C23H30N4O6S/c1-15-21(16(2)33-25-15)34(30,31)27-12-6-7-18(14-27)22(28)24-19-13-17(23(29)32-3)8-9-20(19)26-10-4-5-11-26/h8-9,13,18H,4-7,10-12,14H2,1-3H3,(H,24,28). The topological polar surface area (TPSA) is 122 Å². The molecule has 1 aromatic carbocycles. The zero-order chi connectivity index (χ0) is 24.5. The fourth-order valence-electron chi connectivity index (χ4n) is 4.70. The number of methoxy groups -OCH3 is 1. The lowest BCUT2D eigenvalue weighted by Gasteiger charge is -2.31. The molecule has 2 saturated heterocycles. The summed E-state index contributed by atoms with van der Waals surface area (Å²) in [6.45, 7) is 5.28. The lowest BCUT2D eigenvalue weighted by atomic mass is 9.98. The lowest BCUT2D eigenvalue weighted by Crippen LogP contribution is -2.44. The Hall–Kier alpha value is -2.92. The van der Waals surface area contributed by atoms with Crippen LogP contribution in [0.4, 0.5) is 11.4 Å². The van der Waals surface area contributed by atoms with Crippen molar-refractivity contribution in [1.29, 1.82) is 0 Å². The number of nitrogens with one attached hydrogen (secondary N) is 1. The Bertz CT molecular complexity index is 1170. The number of rotatable bonds is 6. The van der Waals surface area contributed by atoms with Crippen LogP contribution in [-0.4, -0.2) is 63.0 Å². The van der Waals surface area contributed by atoms with E-state index in [0.29, 0.717) is 36.3 Å². The molecule has 1 N–H and O–H groups in total. The highest BCUT2D eigenvalue weighted by Crippen LogP contribution is 2.32. The molecule has 0 spiro atoms. The third-order valence-corrected chi connectivity index (χ3v) is 8.55. The number of carbonyl (C=O) groups is 2. The summed E-state index contributed by atoms with van der Waals surface area (Å²) in [5.74, 6) is -1.06. The molecule has 10 nitrogen and oxygen atoms in total. The molecule has 0 bridgehead atoms. The molecule has 1 atom stereocenters. The minimum atomic E-state index is -3.83. The largest absolute Gasteiger partial charge is 0.465 e. The van der Waals surface area contributed by atoms with Gasteiger partial charge in [-0.3, -0.25) is 4.79 Å². The first-order chi connectivity index (χ1) is 16.2. The maximum Gasteiger partial charge on any atom is 0.337 e. The highest BCUT2D eigenvalue weighted by Gasteiger charge is 2.36. The van der Waals surface area contributed by atoms with Crippen molar-refractivity contribution in [3.05, 3.63) is 35.2 Å². The summed E-state index contributed by atoms with van der Waals surface area (Å²) >= 11 is 0. The van der Waals surface area contributed by atoms with Crippen LogP contribution < -0.4 is 10.2 Å². The van der Waals surface area contributed by atoms with Gasteiger partial charge in [-0.05, 0) is 57.7 Å². The molecule has 11 heteroatoms. The zero-order valence-electron chi connectivity index (χ0n) is 19.7. The average molecular weight is 491 g/mol. The van der Waals surface area contributed by atoms with Gasteiger partial charge < -0.3 is 19.5 Å². The first-order valence-electron chi connectivity index (χ1n) is 11.4. The smallest absolute Gasteiger partial charge is 0.337 e. The Morgan fingerprint density at radius 2 is 1.88 bits per heavy atom. The number of hydrogen-bond donors (Lipinski definition) is 1. The highest BCUT2D eigenvalue weighted by atomic mass is 32.2. The number of piperidine rings is 1. The van der Waals surface area contributed by atoms with Crippen LogP contribution in [0.1, 0.15) is 47.5 Å². The van der Waals surface area contributed by atoms with Crippen molar-refractivity contribution in [1.82, 2.24) is 9.46 Å². The second kappa shape index (κ2) is 9.75. The van der Waals surface area contributed by atoms with Crippen molar-refractivity contribution in [2.45, 2.75) is 44.4 Å². The Morgan fingerprint density at radius 3 is 2.53 bits per heavy atom. The molecule has 1 unspecified atom stereocenters. The summed E-state index contributed by atoms with van der Waals surface area (Å²) in [6, 6.07) is 5.13. The molecule has 2 aliphatic heterocycles. The Balaban J connectivity index is 1.56. The van der Waals surface area contributed by atoms with E-state index in [1.54, 1.807) is 26.0 Å². The first kappa shape index (κ1) is 24.2. The summed E-state index contributed by atoms with van der Waals surface area (Å²) in [6.07, 6.45) is 3.24. The molecule has 0 saturated carbocycles. The van der Waals surface area contributed by atoms with E-state index < -0.39 is 21.9 Å². The van der Waals surface area contributed by atoms with Gasteiger partial charge >= 0.3 is 5.97 Å². The van der Waals surface area contributed by atoms with Crippen molar-refractivity contribution < 1.29 is 27.3 Å². The van der Waals surface area contributed by atoms with Crippen LogP contribution in [0.25, 0.3) is 0 Å². The van der Waals surface area contributed by atoms with Gasteiger partial charge in [-0.15, -0.1) is 0 Å². The number of esters is 1. The van der Waals surface area contributed by atoms with Crippen LogP contribution in [0.5, 0.6) is 0 Å². The number of aryl methyl sites for hydroxylation is 2. The van der Waals surface area contributed by atoms with E-state index >= 15 is 0 Å². The van der Waals surface area contributed by atoms with Crippen LogP contribution in [0, 0.1) is 19.8 Å². The Labute approximate surface area is 199 Å². The van der Waals surface area contributed by atoms with Crippen LogP contribution >= 0.6 is 0 Å². The van der Waals surface area contributed by atoms with E-state index in [1.807, 2.05) is 6.07 Å². The maximum atomic E-state index is 13.3. The predicted octanol–water partition coefficient (Wildman–Crippen LogP) is 2.72. The molecule has 1 amide bonds. The average Bonchev–Trinajstić information content (AvgIpc) is 3.48. The van der Waals surface area contributed by atoms with Gasteiger partial charge in [-0.1, -0.05) is 5.16 Å². The van der Waals surface area contributed by atoms with E-state index in [4.69, 9.17) is 9.26 Å². The van der Waals surface area contributed by atoms with Crippen molar-refractivity contribution >= 4 is 33.3 Å². The van der Waals surface area contributed by atoms with Gasteiger partial charge in [0.25, 0.3) is 0 Å². The molecular formula is C23H30N4O6S. The molecule has 3 heterocycles. The van der Waals surface area contributed by atoms with Gasteiger partial charge in [0.2, 0.25) is 15.9 Å². The number of sulfonamides is 1. The Kier molecular flexibility index (Phi) is 6.94. The minimum absolute atomic E-state index is 0.0635. The van der Waals surface area contributed by atoms with Crippen LogP contribution in [0.3, 0.4) is 0 Å². The number of anilines is 2. The van der Waals surface area contributed by atoms with Crippen molar-refractivity contribution in [3.8, 4) is 0 Å². The fraction of sp³-hybridized carbons (Fsp3) is 0.522. The normalized spacial score (nSPS) is 19.3. The van der Waals surface area contributed by atoms with Crippen LogP contribution in [-0.2, 0) is 19.6 Å². The van der Waals surface area contributed by atoms with Crippen molar-refractivity contribution in [2.24, 2.45) is 5.92 Å². The number of carbonyl (C=O) groups excluding carboxylic acids is 2. The summed E-state index contributed by atoms with van der Waals surface area (Å²) in [4.78, 5) is 27.6. The van der Waals surface area contributed by atoms with E-state index in [2.05, 4.69) is 15.4 Å². The molecule has 0 radical (unpaired) electrons. The summed E-state index contributed by atoms with van der Waals surface area (Å²) in [5, 5.41) is 6.73. The van der Waals surface area contributed by atoms with Gasteiger partial charge in [0, 0.05) is 26.2 Å². The maximum absolute atomic E-state index is 13.3. The summed E-state index contributed by atoms with van der Waals surface area (Å²) < 4.78 is 37.7. The number of ether oxygens (including phenoxy) is 1. The number of aromatic nitrogens is 1. The molecule has 0 aliphatic carbocycles. The third kappa shape index (κ3) is 4.67. The van der Waals surface area contributed by atoms with E-state index in [0.717, 1.165) is 31.6 Å². The molecule has 2 aliphatic rings. The summed E-state index contributed by atoms with van der Waals surface area (Å²) in [7, 11) is -2.52. The molecule has 2 aromatic rings. The number of benzene rings is 1. The molecule has 1 aromatic heterocycles. The second-order valence-corrected chi connectivity index (χ2v) is 10.6. The highest BCUT2D eigenvalue weighted by molar-refractivity contribution is 7.89. The second-order valence-electron chi connectivity index (χ2n) is 8.76.